The van der Waals surface area contributed by atoms with Gasteiger partial charge >= 0.3 is 0 Å². The van der Waals surface area contributed by atoms with Gasteiger partial charge in [0.25, 0.3) is 0 Å². The third-order valence-corrected chi connectivity index (χ3v) is 4.68. The molecule has 2 rings (SSSR count). The summed E-state index contributed by atoms with van der Waals surface area (Å²) in [5.41, 5.74) is 4.95. The van der Waals surface area contributed by atoms with Crippen LogP contribution in [0.2, 0.25) is 0 Å². The molecular weight excluding hydrogens is 308 g/mol. The van der Waals surface area contributed by atoms with Gasteiger partial charge in [0.2, 0.25) is 0 Å². The summed E-state index contributed by atoms with van der Waals surface area (Å²) in [6.45, 7) is 9.99. The Bertz CT molecular complexity index is 644. The molecule has 0 aliphatic rings. The Morgan fingerprint density at radius 2 is 1.24 bits per heavy atom. The quantitative estimate of drug-likeness (QED) is 0.466. The molecule has 2 aromatic rings. The lowest BCUT2D eigenvalue weighted by Gasteiger charge is -2.15. The summed E-state index contributed by atoms with van der Waals surface area (Å²) < 4.78 is 11.9. The molecule has 0 aliphatic carbocycles. The van der Waals surface area contributed by atoms with Crippen molar-refractivity contribution in [3.8, 4) is 11.5 Å². The fourth-order valence-corrected chi connectivity index (χ4v) is 2.75. The van der Waals surface area contributed by atoms with Crippen molar-refractivity contribution >= 4 is 0 Å². The van der Waals surface area contributed by atoms with Gasteiger partial charge in [-0.1, -0.05) is 51.0 Å². The van der Waals surface area contributed by atoms with Crippen molar-refractivity contribution in [2.45, 2.75) is 66.4 Å². The van der Waals surface area contributed by atoms with E-state index in [2.05, 4.69) is 52.0 Å². The molecule has 0 aromatic heterocycles. The molecule has 0 spiro atoms. The molecule has 0 heterocycles. The Hall–Kier alpha value is -1.96. The standard InChI is InChI=1S/C23H32O2/c1-5-7-9-20-10-12-21(13-11-20)17-25-23-15-14-22(18(3)19(23)4)24-16-8-6-2/h10-15H,5-9,16-17H2,1-4H3. The molecule has 0 fully saturated rings. The second-order valence-corrected chi connectivity index (χ2v) is 6.72. The number of aryl methyl sites for hydroxylation is 1. The van der Waals surface area contributed by atoms with Crippen molar-refractivity contribution < 1.29 is 9.47 Å². The molecule has 25 heavy (non-hydrogen) atoms. The predicted octanol–water partition coefficient (Wildman–Crippen LogP) is 6.40. The van der Waals surface area contributed by atoms with Crippen molar-refractivity contribution in [3.05, 3.63) is 58.7 Å². The molecule has 0 radical (unpaired) electrons. The highest BCUT2D eigenvalue weighted by molar-refractivity contribution is 5.47. The molecule has 2 aromatic carbocycles. The van der Waals surface area contributed by atoms with Crippen LogP contribution in [0.25, 0.3) is 0 Å². The van der Waals surface area contributed by atoms with Crippen molar-refractivity contribution in [2.75, 3.05) is 6.61 Å². The average molecular weight is 341 g/mol. The van der Waals surface area contributed by atoms with Gasteiger partial charge in [-0.05, 0) is 67.5 Å². The third-order valence-electron chi connectivity index (χ3n) is 4.68. The minimum absolute atomic E-state index is 0.602. The highest BCUT2D eigenvalue weighted by atomic mass is 16.5. The lowest BCUT2D eigenvalue weighted by molar-refractivity contribution is 0.295. The van der Waals surface area contributed by atoms with Crippen LogP contribution in [-0.2, 0) is 13.0 Å². The molecule has 0 bridgehead atoms. The van der Waals surface area contributed by atoms with E-state index in [-0.39, 0.29) is 0 Å². The maximum Gasteiger partial charge on any atom is 0.123 e. The van der Waals surface area contributed by atoms with Crippen molar-refractivity contribution in [3.63, 3.8) is 0 Å². The van der Waals surface area contributed by atoms with Gasteiger partial charge in [0.15, 0.2) is 0 Å². The minimum atomic E-state index is 0.602. The van der Waals surface area contributed by atoms with Crippen LogP contribution in [-0.4, -0.2) is 6.61 Å². The van der Waals surface area contributed by atoms with Crippen LogP contribution in [0.1, 0.15) is 61.8 Å². The monoisotopic (exact) mass is 340 g/mol. The summed E-state index contributed by atoms with van der Waals surface area (Å²) in [6.07, 6.45) is 5.89. The lowest BCUT2D eigenvalue weighted by atomic mass is 10.1. The first-order valence-corrected chi connectivity index (χ1v) is 9.59. The average Bonchev–Trinajstić information content (AvgIpc) is 2.64. The van der Waals surface area contributed by atoms with Crippen LogP contribution in [0.15, 0.2) is 36.4 Å². The van der Waals surface area contributed by atoms with Crippen molar-refractivity contribution in [1.29, 1.82) is 0 Å². The van der Waals surface area contributed by atoms with Gasteiger partial charge in [0.1, 0.15) is 18.1 Å². The van der Waals surface area contributed by atoms with Gasteiger partial charge in [-0.15, -0.1) is 0 Å². The Balaban J connectivity index is 1.95. The normalized spacial score (nSPS) is 10.7. The summed E-state index contributed by atoms with van der Waals surface area (Å²) >= 11 is 0. The number of benzene rings is 2. The summed E-state index contributed by atoms with van der Waals surface area (Å²) in [4.78, 5) is 0. The molecule has 2 nitrogen and oxygen atoms in total. The van der Waals surface area contributed by atoms with E-state index in [4.69, 9.17) is 9.47 Å². The Kier molecular flexibility index (Phi) is 7.84. The van der Waals surface area contributed by atoms with Crippen LogP contribution < -0.4 is 9.47 Å². The largest absolute Gasteiger partial charge is 0.493 e. The van der Waals surface area contributed by atoms with Gasteiger partial charge < -0.3 is 9.47 Å². The Morgan fingerprint density at radius 3 is 1.84 bits per heavy atom. The second-order valence-electron chi connectivity index (χ2n) is 6.72. The number of hydrogen-bond acceptors (Lipinski definition) is 2. The first-order valence-electron chi connectivity index (χ1n) is 9.59. The van der Waals surface area contributed by atoms with E-state index in [0.29, 0.717) is 6.61 Å². The highest BCUT2D eigenvalue weighted by Gasteiger charge is 2.08. The van der Waals surface area contributed by atoms with Gasteiger partial charge in [-0.3, -0.25) is 0 Å². The topological polar surface area (TPSA) is 18.5 Å². The van der Waals surface area contributed by atoms with E-state index in [0.717, 1.165) is 42.9 Å². The van der Waals surface area contributed by atoms with E-state index in [1.165, 1.54) is 29.5 Å². The van der Waals surface area contributed by atoms with Crippen molar-refractivity contribution in [2.24, 2.45) is 0 Å². The van der Waals surface area contributed by atoms with Crippen LogP contribution in [0.4, 0.5) is 0 Å². The van der Waals surface area contributed by atoms with Gasteiger partial charge in [0.05, 0.1) is 6.61 Å². The van der Waals surface area contributed by atoms with E-state index >= 15 is 0 Å². The van der Waals surface area contributed by atoms with E-state index in [9.17, 15) is 0 Å². The highest BCUT2D eigenvalue weighted by Crippen LogP contribution is 2.30. The Labute approximate surface area is 153 Å². The molecular formula is C23H32O2. The maximum atomic E-state index is 6.05. The number of hydrogen-bond donors (Lipinski definition) is 0. The number of unbranched alkanes of at least 4 members (excludes halogenated alkanes) is 2. The smallest absolute Gasteiger partial charge is 0.123 e. The summed E-state index contributed by atoms with van der Waals surface area (Å²) in [5, 5.41) is 0. The Morgan fingerprint density at radius 1 is 0.680 bits per heavy atom. The zero-order valence-corrected chi connectivity index (χ0v) is 16.2. The zero-order chi connectivity index (χ0) is 18.1. The zero-order valence-electron chi connectivity index (χ0n) is 16.2. The molecule has 0 unspecified atom stereocenters. The van der Waals surface area contributed by atoms with E-state index < -0.39 is 0 Å². The molecule has 0 amide bonds. The van der Waals surface area contributed by atoms with E-state index in [1.54, 1.807) is 0 Å². The maximum absolute atomic E-state index is 6.05. The first kappa shape index (κ1) is 19.4. The number of rotatable bonds is 10. The van der Waals surface area contributed by atoms with Gasteiger partial charge in [-0.2, -0.15) is 0 Å². The van der Waals surface area contributed by atoms with Gasteiger partial charge in [0, 0.05) is 0 Å². The van der Waals surface area contributed by atoms with Crippen molar-refractivity contribution in [1.82, 2.24) is 0 Å². The van der Waals surface area contributed by atoms with Crippen LogP contribution in [0.3, 0.4) is 0 Å². The third kappa shape index (κ3) is 5.81. The molecule has 0 saturated heterocycles. The lowest BCUT2D eigenvalue weighted by Crippen LogP contribution is -2.02. The van der Waals surface area contributed by atoms with Gasteiger partial charge in [-0.25, -0.2) is 0 Å². The van der Waals surface area contributed by atoms with Crippen LogP contribution >= 0.6 is 0 Å². The first-order chi connectivity index (χ1) is 12.2. The second kappa shape index (κ2) is 10.1. The fraction of sp³-hybridized carbons (Fsp3) is 0.478. The molecule has 0 aliphatic heterocycles. The SMILES string of the molecule is CCCCOc1ccc(OCc2ccc(CCCC)cc2)c(C)c1C. The molecule has 0 saturated carbocycles. The van der Waals surface area contributed by atoms with Crippen LogP contribution in [0.5, 0.6) is 11.5 Å². The summed E-state index contributed by atoms with van der Waals surface area (Å²) in [7, 11) is 0. The molecule has 2 heteroatoms. The molecule has 0 N–H and O–H groups in total. The molecule has 136 valence electrons. The number of ether oxygens (including phenoxy) is 2. The predicted molar refractivity (Wildman–Crippen MR) is 106 cm³/mol. The summed E-state index contributed by atoms with van der Waals surface area (Å²) in [6, 6.07) is 12.8. The molecule has 0 atom stereocenters. The van der Waals surface area contributed by atoms with Crippen LogP contribution in [0, 0.1) is 13.8 Å². The summed E-state index contributed by atoms with van der Waals surface area (Å²) in [5.74, 6) is 1.91. The fourth-order valence-electron chi connectivity index (χ4n) is 2.75. The minimum Gasteiger partial charge on any atom is -0.493 e. The van der Waals surface area contributed by atoms with E-state index in [1.807, 2.05) is 12.1 Å².